The Balaban J connectivity index is 3.41. The maximum absolute atomic E-state index is 8.46. The predicted molar refractivity (Wildman–Crippen MR) is 61.1 cm³/mol. The van der Waals surface area contributed by atoms with Gasteiger partial charge < -0.3 is 0 Å². The lowest BCUT2D eigenvalue weighted by Crippen LogP contribution is -2.39. The fraction of sp³-hybridized carbons (Fsp3) is 0.917. The van der Waals surface area contributed by atoms with Crippen molar-refractivity contribution in [1.82, 2.24) is 5.32 Å². The van der Waals surface area contributed by atoms with Crippen LogP contribution in [0.15, 0.2) is 0 Å². The monoisotopic (exact) mass is 196 g/mol. The van der Waals surface area contributed by atoms with Crippen molar-refractivity contribution in [3.8, 4) is 6.07 Å². The average molecular weight is 196 g/mol. The van der Waals surface area contributed by atoms with Crippen LogP contribution in [0.1, 0.15) is 59.3 Å². The second kappa shape index (κ2) is 7.82. The van der Waals surface area contributed by atoms with Gasteiger partial charge in [0, 0.05) is 5.54 Å². The molecule has 0 saturated heterocycles. The van der Waals surface area contributed by atoms with Crippen LogP contribution in [0.25, 0.3) is 0 Å². The Morgan fingerprint density at radius 1 is 1.14 bits per heavy atom. The van der Waals surface area contributed by atoms with Crippen LogP contribution in [0, 0.1) is 11.3 Å². The molecule has 14 heavy (non-hydrogen) atoms. The first-order chi connectivity index (χ1) is 6.62. The fourth-order valence-corrected chi connectivity index (χ4v) is 1.54. The Hall–Kier alpha value is -0.550. The van der Waals surface area contributed by atoms with E-state index < -0.39 is 0 Å². The lowest BCUT2D eigenvalue weighted by atomic mass is 9.96. The van der Waals surface area contributed by atoms with E-state index in [1.165, 1.54) is 38.5 Å². The Labute approximate surface area is 88.7 Å². The number of hydrogen-bond donors (Lipinski definition) is 1. The number of nitriles is 1. The van der Waals surface area contributed by atoms with Gasteiger partial charge in [-0.1, -0.05) is 39.0 Å². The summed E-state index contributed by atoms with van der Waals surface area (Å²) >= 11 is 0. The van der Waals surface area contributed by atoms with Crippen LogP contribution in [0.3, 0.4) is 0 Å². The van der Waals surface area contributed by atoms with E-state index in [0.29, 0.717) is 6.54 Å². The summed E-state index contributed by atoms with van der Waals surface area (Å²) in [6.45, 7) is 7.04. The Morgan fingerprint density at radius 3 is 2.36 bits per heavy atom. The second-order valence-corrected chi connectivity index (χ2v) is 4.56. The molecule has 0 atom stereocenters. The minimum atomic E-state index is 0.127. The summed E-state index contributed by atoms with van der Waals surface area (Å²) in [5.41, 5.74) is 0.127. The molecule has 0 spiro atoms. The molecule has 0 aromatic rings. The Morgan fingerprint density at radius 2 is 1.79 bits per heavy atom. The van der Waals surface area contributed by atoms with Gasteiger partial charge in [-0.2, -0.15) is 5.26 Å². The van der Waals surface area contributed by atoms with E-state index >= 15 is 0 Å². The number of hydrogen-bond acceptors (Lipinski definition) is 2. The summed E-state index contributed by atoms with van der Waals surface area (Å²) in [5.74, 6) is 0. The van der Waals surface area contributed by atoms with Gasteiger partial charge in [0.05, 0.1) is 12.6 Å². The molecule has 0 aliphatic rings. The van der Waals surface area contributed by atoms with Crippen LogP contribution in [0.4, 0.5) is 0 Å². The van der Waals surface area contributed by atoms with E-state index in [9.17, 15) is 0 Å². The second-order valence-electron chi connectivity index (χ2n) is 4.56. The molecular formula is C12H24N2. The van der Waals surface area contributed by atoms with Crippen LogP contribution in [0.5, 0.6) is 0 Å². The summed E-state index contributed by atoms with van der Waals surface area (Å²) in [4.78, 5) is 0. The Bertz CT molecular complexity index is 168. The first-order valence-corrected chi connectivity index (χ1v) is 5.74. The topological polar surface area (TPSA) is 35.8 Å². The SMILES string of the molecule is CCCCCCCC(C)(C)NCC#N. The first kappa shape index (κ1) is 13.4. The van der Waals surface area contributed by atoms with Gasteiger partial charge in [-0.3, -0.25) is 5.32 Å². The highest BCUT2D eigenvalue weighted by Gasteiger charge is 2.15. The molecule has 0 rings (SSSR count). The number of unbranched alkanes of at least 4 members (excludes halogenated alkanes) is 4. The van der Waals surface area contributed by atoms with Crippen molar-refractivity contribution in [3.63, 3.8) is 0 Å². The average Bonchev–Trinajstić information content (AvgIpc) is 2.15. The molecule has 0 bridgehead atoms. The third-order valence-electron chi connectivity index (χ3n) is 2.55. The molecule has 0 aromatic carbocycles. The standard InChI is InChI=1S/C12H24N2/c1-4-5-6-7-8-9-12(2,3)14-11-10-13/h14H,4-9,11H2,1-3H3. The smallest absolute Gasteiger partial charge is 0.0845 e. The molecular weight excluding hydrogens is 172 g/mol. The molecule has 0 radical (unpaired) electrons. The number of nitrogens with zero attached hydrogens (tertiary/aromatic N) is 1. The zero-order valence-corrected chi connectivity index (χ0v) is 9.90. The first-order valence-electron chi connectivity index (χ1n) is 5.74. The maximum atomic E-state index is 8.46. The van der Waals surface area contributed by atoms with E-state index in [0.717, 1.165) is 0 Å². The van der Waals surface area contributed by atoms with Gasteiger partial charge in [0.1, 0.15) is 0 Å². The van der Waals surface area contributed by atoms with Gasteiger partial charge >= 0.3 is 0 Å². The van der Waals surface area contributed by atoms with Gasteiger partial charge in [-0.15, -0.1) is 0 Å². The predicted octanol–water partition coefficient (Wildman–Crippen LogP) is 3.24. The van der Waals surface area contributed by atoms with Crippen molar-refractivity contribution >= 4 is 0 Å². The van der Waals surface area contributed by atoms with Gasteiger partial charge in [0.2, 0.25) is 0 Å². The Kier molecular flexibility index (Phi) is 7.51. The highest BCUT2D eigenvalue weighted by atomic mass is 14.9. The van der Waals surface area contributed by atoms with Gasteiger partial charge in [0.25, 0.3) is 0 Å². The van der Waals surface area contributed by atoms with Crippen LogP contribution in [-0.4, -0.2) is 12.1 Å². The van der Waals surface area contributed by atoms with Crippen molar-refractivity contribution in [3.05, 3.63) is 0 Å². The summed E-state index contributed by atoms with van der Waals surface area (Å²) in [5, 5.41) is 11.7. The highest BCUT2D eigenvalue weighted by Crippen LogP contribution is 2.14. The normalized spacial score (nSPS) is 11.3. The summed E-state index contributed by atoms with van der Waals surface area (Å²) in [6.07, 6.45) is 7.77. The van der Waals surface area contributed by atoms with E-state index in [1.807, 2.05) is 0 Å². The van der Waals surface area contributed by atoms with Crippen LogP contribution in [-0.2, 0) is 0 Å². The van der Waals surface area contributed by atoms with E-state index in [4.69, 9.17) is 5.26 Å². The molecule has 1 N–H and O–H groups in total. The van der Waals surface area contributed by atoms with E-state index in [2.05, 4.69) is 32.2 Å². The summed E-state index contributed by atoms with van der Waals surface area (Å²) in [7, 11) is 0. The zero-order valence-electron chi connectivity index (χ0n) is 9.90. The van der Waals surface area contributed by atoms with Crippen LogP contribution in [0.2, 0.25) is 0 Å². The summed E-state index contributed by atoms with van der Waals surface area (Å²) < 4.78 is 0. The lowest BCUT2D eigenvalue weighted by molar-refractivity contribution is 0.363. The van der Waals surface area contributed by atoms with Crippen molar-refractivity contribution in [2.24, 2.45) is 0 Å². The number of rotatable bonds is 8. The molecule has 2 nitrogen and oxygen atoms in total. The molecule has 0 aliphatic heterocycles. The van der Waals surface area contributed by atoms with Crippen LogP contribution >= 0.6 is 0 Å². The third-order valence-corrected chi connectivity index (χ3v) is 2.55. The zero-order chi connectivity index (χ0) is 10.9. The van der Waals surface area contributed by atoms with Gasteiger partial charge in [-0.25, -0.2) is 0 Å². The minimum Gasteiger partial charge on any atom is -0.299 e. The molecule has 0 amide bonds. The maximum Gasteiger partial charge on any atom is 0.0845 e. The summed E-state index contributed by atoms with van der Waals surface area (Å²) in [6, 6.07) is 2.12. The molecule has 0 heterocycles. The lowest BCUT2D eigenvalue weighted by Gasteiger charge is -2.24. The molecule has 0 fully saturated rings. The van der Waals surface area contributed by atoms with Crippen molar-refractivity contribution in [2.75, 3.05) is 6.54 Å². The molecule has 0 aromatic heterocycles. The fourth-order valence-electron chi connectivity index (χ4n) is 1.54. The molecule has 82 valence electrons. The largest absolute Gasteiger partial charge is 0.299 e. The van der Waals surface area contributed by atoms with Crippen LogP contribution < -0.4 is 5.32 Å². The van der Waals surface area contributed by atoms with E-state index in [-0.39, 0.29) is 5.54 Å². The molecule has 0 aliphatic carbocycles. The molecule has 0 saturated carbocycles. The van der Waals surface area contributed by atoms with Crippen molar-refractivity contribution in [1.29, 1.82) is 5.26 Å². The minimum absolute atomic E-state index is 0.127. The van der Waals surface area contributed by atoms with Gasteiger partial charge in [0.15, 0.2) is 0 Å². The quantitative estimate of drug-likeness (QED) is 0.478. The molecule has 0 unspecified atom stereocenters. The number of nitrogens with one attached hydrogen (secondary N) is 1. The van der Waals surface area contributed by atoms with E-state index in [1.54, 1.807) is 0 Å². The van der Waals surface area contributed by atoms with Gasteiger partial charge in [-0.05, 0) is 20.3 Å². The van der Waals surface area contributed by atoms with Crippen molar-refractivity contribution < 1.29 is 0 Å². The third kappa shape index (κ3) is 8.07. The molecule has 2 heteroatoms. The highest BCUT2D eigenvalue weighted by molar-refractivity contribution is 4.83. The van der Waals surface area contributed by atoms with Crippen molar-refractivity contribution in [2.45, 2.75) is 64.8 Å².